The first-order chi connectivity index (χ1) is 14.4. The van der Waals surface area contributed by atoms with Crippen LogP contribution in [0.4, 0.5) is 4.39 Å². The SMILES string of the molecule is Cn1cnc(S(=O)(=O)N2CCCCC2c2nc(CCOc3ccc(F)cc3)no2)c1. The Morgan fingerprint density at radius 2 is 2.07 bits per heavy atom. The number of nitrogens with zero attached hydrogens (tertiary/aromatic N) is 5. The Labute approximate surface area is 173 Å². The van der Waals surface area contributed by atoms with Gasteiger partial charge in [0.2, 0.25) is 5.89 Å². The van der Waals surface area contributed by atoms with Crippen molar-refractivity contribution in [2.24, 2.45) is 7.05 Å². The summed E-state index contributed by atoms with van der Waals surface area (Å²) >= 11 is 0. The van der Waals surface area contributed by atoms with Gasteiger partial charge >= 0.3 is 0 Å². The molecule has 0 saturated carbocycles. The van der Waals surface area contributed by atoms with E-state index >= 15 is 0 Å². The molecule has 0 bridgehead atoms. The van der Waals surface area contributed by atoms with Crippen LogP contribution in [-0.4, -0.2) is 45.6 Å². The normalized spacial score (nSPS) is 17.9. The van der Waals surface area contributed by atoms with Crippen LogP contribution in [0.1, 0.15) is 37.0 Å². The second-order valence-electron chi connectivity index (χ2n) is 7.11. The molecule has 11 heteroatoms. The molecule has 1 aliphatic heterocycles. The van der Waals surface area contributed by atoms with Crippen molar-refractivity contribution >= 4 is 10.0 Å². The van der Waals surface area contributed by atoms with Gasteiger partial charge in [-0.05, 0) is 37.1 Å². The average Bonchev–Trinajstić information content (AvgIpc) is 3.39. The molecule has 1 fully saturated rings. The number of sulfonamides is 1. The molecule has 1 atom stereocenters. The van der Waals surface area contributed by atoms with Crippen LogP contribution in [-0.2, 0) is 23.5 Å². The van der Waals surface area contributed by atoms with Crippen molar-refractivity contribution in [3.63, 3.8) is 0 Å². The van der Waals surface area contributed by atoms with Crippen LogP contribution in [0, 0.1) is 5.82 Å². The number of hydrogen-bond acceptors (Lipinski definition) is 7. The zero-order chi connectivity index (χ0) is 21.1. The van der Waals surface area contributed by atoms with Crippen molar-refractivity contribution in [1.82, 2.24) is 24.0 Å². The predicted molar refractivity (Wildman–Crippen MR) is 104 cm³/mol. The van der Waals surface area contributed by atoms with Crippen LogP contribution < -0.4 is 4.74 Å². The molecular formula is C19H22FN5O4S. The fourth-order valence-electron chi connectivity index (χ4n) is 3.38. The van der Waals surface area contributed by atoms with Crippen molar-refractivity contribution < 1.29 is 22.1 Å². The lowest BCUT2D eigenvalue weighted by molar-refractivity contribution is 0.204. The smallest absolute Gasteiger partial charge is 0.262 e. The Morgan fingerprint density at radius 1 is 1.27 bits per heavy atom. The quantitative estimate of drug-likeness (QED) is 0.562. The van der Waals surface area contributed by atoms with Gasteiger partial charge < -0.3 is 13.8 Å². The zero-order valence-corrected chi connectivity index (χ0v) is 17.3. The summed E-state index contributed by atoms with van der Waals surface area (Å²) in [6.07, 6.45) is 5.53. The molecule has 1 saturated heterocycles. The first-order valence-electron chi connectivity index (χ1n) is 9.64. The van der Waals surface area contributed by atoms with Gasteiger partial charge in [-0.2, -0.15) is 9.29 Å². The number of ether oxygens (including phenoxy) is 1. The summed E-state index contributed by atoms with van der Waals surface area (Å²) in [5, 5.41) is 3.97. The lowest BCUT2D eigenvalue weighted by atomic mass is 10.1. The van der Waals surface area contributed by atoms with Crippen LogP contribution in [0.2, 0.25) is 0 Å². The van der Waals surface area contributed by atoms with E-state index in [1.165, 1.54) is 29.0 Å². The minimum Gasteiger partial charge on any atom is -0.493 e. The Kier molecular flexibility index (Phi) is 5.82. The molecule has 1 unspecified atom stereocenters. The van der Waals surface area contributed by atoms with Gasteiger partial charge in [0, 0.05) is 26.2 Å². The fraction of sp³-hybridized carbons (Fsp3) is 0.421. The number of rotatable bonds is 7. The minimum absolute atomic E-state index is 0.00402. The van der Waals surface area contributed by atoms with Crippen molar-refractivity contribution in [1.29, 1.82) is 0 Å². The molecule has 2 aromatic heterocycles. The summed E-state index contributed by atoms with van der Waals surface area (Å²) in [5.74, 6) is 0.904. The number of hydrogen-bond donors (Lipinski definition) is 0. The molecule has 0 aliphatic carbocycles. The molecular weight excluding hydrogens is 413 g/mol. The summed E-state index contributed by atoms with van der Waals surface area (Å²) in [5.41, 5.74) is 0. The van der Waals surface area contributed by atoms with E-state index in [1.54, 1.807) is 23.7 Å². The van der Waals surface area contributed by atoms with Gasteiger partial charge in [0.1, 0.15) is 17.6 Å². The molecule has 0 radical (unpaired) electrons. The van der Waals surface area contributed by atoms with Crippen molar-refractivity contribution in [3.8, 4) is 5.75 Å². The first-order valence-corrected chi connectivity index (χ1v) is 11.1. The van der Waals surface area contributed by atoms with Crippen LogP contribution >= 0.6 is 0 Å². The van der Waals surface area contributed by atoms with Crippen molar-refractivity contribution in [2.45, 2.75) is 36.8 Å². The van der Waals surface area contributed by atoms with E-state index in [1.807, 2.05) is 0 Å². The third-order valence-corrected chi connectivity index (χ3v) is 6.68. The molecule has 3 aromatic rings. The Balaban J connectivity index is 1.44. The second-order valence-corrected chi connectivity index (χ2v) is 8.94. The van der Waals surface area contributed by atoms with E-state index in [2.05, 4.69) is 15.1 Å². The molecule has 0 N–H and O–H groups in total. The van der Waals surface area contributed by atoms with Gasteiger partial charge in [-0.25, -0.2) is 17.8 Å². The number of piperidine rings is 1. The predicted octanol–water partition coefficient (Wildman–Crippen LogP) is 2.48. The van der Waals surface area contributed by atoms with E-state index in [-0.39, 0.29) is 23.3 Å². The Bertz CT molecular complexity index is 1100. The highest BCUT2D eigenvalue weighted by Gasteiger charge is 2.38. The largest absolute Gasteiger partial charge is 0.493 e. The highest BCUT2D eigenvalue weighted by Crippen LogP contribution is 2.34. The summed E-state index contributed by atoms with van der Waals surface area (Å²) in [4.78, 5) is 8.39. The van der Waals surface area contributed by atoms with E-state index in [9.17, 15) is 12.8 Å². The average molecular weight is 435 g/mol. The third kappa shape index (κ3) is 4.36. The lowest BCUT2D eigenvalue weighted by Crippen LogP contribution is -2.38. The monoisotopic (exact) mass is 435 g/mol. The molecule has 160 valence electrons. The summed E-state index contributed by atoms with van der Waals surface area (Å²) in [7, 11) is -2.05. The van der Waals surface area contributed by atoms with E-state index in [0.717, 1.165) is 12.8 Å². The van der Waals surface area contributed by atoms with E-state index in [0.29, 0.717) is 31.0 Å². The maximum Gasteiger partial charge on any atom is 0.262 e. The van der Waals surface area contributed by atoms with Crippen molar-refractivity contribution in [2.75, 3.05) is 13.2 Å². The van der Waals surface area contributed by atoms with Gasteiger partial charge in [-0.3, -0.25) is 0 Å². The summed E-state index contributed by atoms with van der Waals surface area (Å²) in [6.45, 7) is 0.653. The van der Waals surface area contributed by atoms with Gasteiger partial charge in [-0.1, -0.05) is 11.6 Å². The molecule has 9 nitrogen and oxygen atoms in total. The van der Waals surface area contributed by atoms with Gasteiger partial charge in [0.25, 0.3) is 10.0 Å². The van der Waals surface area contributed by atoms with Crippen molar-refractivity contribution in [3.05, 3.63) is 54.3 Å². The first kappa shape index (κ1) is 20.5. The van der Waals surface area contributed by atoms with Gasteiger partial charge in [0.15, 0.2) is 10.9 Å². The van der Waals surface area contributed by atoms with Gasteiger partial charge in [0.05, 0.1) is 12.9 Å². The summed E-state index contributed by atoms with van der Waals surface area (Å²) < 4.78 is 53.0. The zero-order valence-electron chi connectivity index (χ0n) is 16.4. The molecule has 1 aromatic carbocycles. The molecule has 0 amide bonds. The lowest BCUT2D eigenvalue weighted by Gasteiger charge is -2.31. The highest BCUT2D eigenvalue weighted by molar-refractivity contribution is 7.89. The standard InChI is InChI=1S/C19H22FN5O4S/c1-24-12-18(21-13-24)30(26,27)25-10-3-2-4-16(25)19-22-17(23-29-19)9-11-28-15-7-5-14(20)6-8-15/h5-8,12-13,16H,2-4,9-11H2,1H3. The number of benzene rings is 1. The van der Waals surface area contributed by atoms with Crippen LogP contribution in [0.15, 0.2) is 46.3 Å². The number of aromatic nitrogens is 4. The van der Waals surface area contributed by atoms with Crippen LogP contribution in [0.3, 0.4) is 0 Å². The second kappa shape index (κ2) is 8.52. The minimum atomic E-state index is -3.77. The molecule has 4 rings (SSSR count). The molecule has 0 spiro atoms. The van der Waals surface area contributed by atoms with Gasteiger partial charge in [-0.15, -0.1) is 0 Å². The van der Waals surface area contributed by atoms with E-state index < -0.39 is 16.1 Å². The Hall–Kier alpha value is -2.79. The third-order valence-electron chi connectivity index (χ3n) is 4.88. The maximum absolute atomic E-state index is 13.1. The number of imidazole rings is 1. The number of halogens is 1. The molecule has 1 aliphatic rings. The maximum atomic E-state index is 13.1. The number of aryl methyl sites for hydroxylation is 1. The summed E-state index contributed by atoms with van der Waals surface area (Å²) in [6, 6.07) is 5.20. The van der Waals surface area contributed by atoms with E-state index in [4.69, 9.17) is 9.26 Å². The topological polar surface area (TPSA) is 103 Å². The van der Waals surface area contributed by atoms with Crippen LogP contribution in [0.25, 0.3) is 0 Å². The molecule has 30 heavy (non-hydrogen) atoms. The van der Waals surface area contributed by atoms with Crippen LogP contribution in [0.5, 0.6) is 5.75 Å². The Morgan fingerprint density at radius 3 is 2.80 bits per heavy atom. The molecule has 3 heterocycles. The highest BCUT2D eigenvalue weighted by atomic mass is 32.2. The fourth-order valence-corrected chi connectivity index (χ4v) is 5.00.